The third kappa shape index (κ3) is 22.9. The van der Waals surface area contributed by atoms with Crippen LogP contribution in [-0.4, -0.2) is 117 Å². The van der Waals surface area contributed by atoms with Gasteiger partial charge < -0.3 is 49.4 Å². The summed E-state index contributed by atoms with van der Waals surface area (Å²) < 4.78 is 43.9. The molecular weight excluding hydrogens is 448 g/mol. The first kappa shape index (κ1) is 33.1. The van der Waals surface area contributed by atoms with Crippen molar-refractivity contribution in [2.75, 3.05) is 106 Å². The van der Waals surface area contributed by atoms with Crippen LogP contribution in [0.15, 0.2) is 0 Å². The van der Waals surface area contributed by atoms with E-state index in [1.165, 1.54) is 0 Å². The van der Waals surface area contributed by atoms with Gasteiger partial charge in [0.25, 0.3) is 0 Å². The summed E-state index contributed by atoms with van der Waals surface area (Å²) in [5.41, 5.74) is 9.71. The Bertz CT molecular complexity index is 454. The van der Waals surface area contributed by atoms with Gasteiger partial charge in [0.15, 0.2) is 0 Å². The Kier molecular flexibility index (Phi) is 20.8. The zero-order valence-electron chi connectivity index (χ0n) is 21.6. The van der Waals surface area contributed by atoms with Crippen molar-refractivity contribution >= 4 is 5.97 Å². The highest BCUT2D eigenvalue weighted by molar-refractivity contribution is 5.71. The van der Waals surface area contributed by atoms with Crippen LogP contribution in [0, 0.1) is 5.41 Å². The molecule has 0 aliphatic rings. The molecule has 0 fully saturated rings. The second-order valence-electron chi connectivity index (χ2n) is 9.02. The topological polar surface area (TPSA) is 143 Å². The summed E-state index contributed by atoms with van der Waals surface area (Å²) in [5, 5.41) is 0. The summed E-state index contributed by atoms with van der Waals surface area (Å²) in [7, 11) is 0. The number of carbonyl (C=O) groups is 1. The molecule has 0 aromatic carbocycles. The highest BCUT2D eigenvalue weighted by Gasteiger charge is 2.27. The highest BCUT2D eigenvalue weighted by Crippen LogP contribution is 2.19. The number of hydrogen-bond acceptors (Lipinski definition) is 11. The molecule has 204 valence electrons. The van der Waals surface area contributed by atoms with E-state index in [1.54, 1.807) is 0 Å². The van der Waals surface area contributed by atoms with Crippen molar-refractivity contribution in [2.24, 2.45) is 16.9 Å². The van der Waals surface area contributed by atoms with Crippen LogP contribution in [0.25, 0.3) is 0 Å². The van der Waals surface area contributed by atoms with Gasteiger partial charge in [0.2, 0.25) is 0 Å². The van der Waals surface area contributed by atoms with Crippen molar-refractivity contribution in [1.29, 1.82) is 0 Å². The predicted octanol–water partition coefficient (Wildman–Crippen LogP) is 0.368. The summed E-state index contributed by atoms with van der Waals surface area (Å²) in [5.74, 6) is -0.410. The molecule has 0 aromatic rings. The van der Waals surface area contributed by atoms with Gasteiger partial charge in [0.05, 0.1) is 85.9 Å². The lowest BCUT2D eigenvalue weighted by Crippen LogP contribution is -2.36. The van der Waals surface area contributed by atoms with Gasteiger partial charge in [-0.2, -0.15) is 0 Å². The molecule has 0 spiro atoms. The largest absolute Gasteiger partial charge is 0.458 e. The molecule has 0 amide bonds. The SMILES string of the molecule is CC(COCCOCCOCCN)(COCCOCCOCCN)COCC(=O)OC(C)(C)C. The molecule has 11 nitrogen and oxygen atoms in total. The van der Waals surface area contributed by atoms with Crippen LogP contribution in [0.4, 0.5) is 0 Å². The standard InChI is InChI=1S/C23H48N2O9/c1-22(2,3)34-21(26)17-33-20-23(4,18-31-15-13-29-11-9-27-7-5-24)19-32-16-14-30-12-10-28-8-6-25/h5-20,24-25H2,1-4H3. The molecular formula is C23H48N2O9. The van der Waals surface area contributed by atoms with Crippen molar-refractivity contribution < 1.29 is 42.7 Å². The van der Waals surface area contributed by atoms with E-state index in [9.17, 15) is 4.79 Å². The maximum atomic E-state index is 11.9. The molecule has 11 heteroatoms. The quantitative estimate of drug-likeness (QED) is 0.141. The Labute approximate surface area is 205 Å². The van der Waals surface area contributed by atoms with Gasteiger partial charge in [0.1, 0.15) is 12.2 Å². The van der Waals surface area contributed by atoms with E-state index in [4.69, 9.17) is 49.4 Å². The highest BCUT2D eigenvalue weighted by atomic mass is 16.6. The number of ether oxygens (including phenoxy) is 8. The Morgan fingerprint density at radius 2 is 0.912 bits per heavy atom. The van der Waals surface area contributed by atoms with Gasteiger partial charge >= 0.3 is 5.97 Å². The molecule has 34 heavy (non-hydrogen) atoms. The van der Waals surface area contributed by atoms with E-state index in [-0.39, 0.29) is 13.2 Å². The fourth-order valence-corrected chi connectivity index (χ4v) is 2.56. The smallest absolute Gasteiger partial charge is 0.332 e. The zero-order valence-corrected chi connectivity index (χ0v) is 21.6. The predicted molar refractivity (Wildman–Crippen MR) is 128 cm³/mol. The maximum Gasteiger partial charge on any atom is 0.332 e. The minimum absolute atomic E-state index is 0.134. The molecule has 4 N–H and O–H groups in total. The summed E-state index contributed by atoms with van der Waals surface area (Å²) in [6, 6.07) is 0. The van der Waals surface area contributed by atoms with Crippen LogP contribution in [0.2, 0.25) is 0 Å². The molecule has 0 rings (SSSR count). The molecule has 0 aromatic heterocycles. The van der Waals surface area contributed by atoms with Crippen molar-refractivity contribution in [2.45, 2.75) is 33.3 Å². The van der Waals surface area contributed by atoms with E-state index >= 15 is 0 Å². The lowest BCUT2D eigenvalue weighted by atomic mass is 9.94. The molecule has 0 unspecified atom stereocenters. The average Bonchev–Trinajstić information content (AvgIpc) is 2.76. The van der Waals surface area contributed by atoms with Gasteiger partial charge in [-0.25, -0.2) is 4.79 Å². The average molecular weight is 497 g/mol. The Hall–Kier alpha value is -0.890. The first-order valence-corrected chi connectivity index (χ1v) is 11.9. The number of carbonyl (C=O) groups excluding carboxylic acids is 1. The minimum atomic E-state index is -0.555. The van der Waals surface area contributed by atoms with Gasteiger partial charge in [-0.3, -0.25) is 0 Å². The first-order valence-electron chi connectivity index (χ1n) is 11.9. The van der Waals surface area contributed by atoms with Crippen molar-refractivity contribution in [3.8, 4) is 0 Å². The van der Waals surface area contributed by atoms with E-state index in [1.807, 2.05) is 27.7 Å². The first-order chi connectivity index (χ1) is 16.2. The van der Waals surface area contributed by atoms with Crippen LogP contribution >= 0.6 is 0 Å². The van der Waals surface area contributed by atoms with E-state index in [0.717, 1.165) is 0 Å². The van der Waals surface area contributed by atoms with Crippen molar-refractivity contribution in [3.05, 3.63) is 0 Å². The van der Waals surface area contributed by atoms with Crippen LogP contribution in [0.1, 0.15) is 27.7 Å². The second-order valence-corrected chi connectivity index (χ2v) is 9.02. The summed E-state index contributed by atoms with van der Waals surface area (Å²) >= 11 is 0. The Morgan fingerprint density at radius 3 is 1.29 bits per heavy atom. The monoisotopic (exact) mass is 496 g/mol. The third-order valence-corrected chi connectivity index (χ3v) is 4.00. The number of hydrogen-bond donors (Lipinski definition) is 2. The number of esters is 1. The van der Waals surface area contributed by atoms with Gasteiger partial charge in [-0.05, 0) is 20.8 Å². The number of nitrogens with two attached hydrogens (primary N) is 2. The third-order valence-electron chi connectivity index (χ3n) is 4.00. The molecule has 0 radical (unpaired) electrons. The molecule has 0 heterocycles. The van der Waals surface area contributed by atoms with Crippen molar-refractivity contribution in [1.82, 2.24) is 0 Å². The maximum absolute atomic E-state index is 11.9. The number of rotatable bonds is 24. The molecule has 0 aliphatic heterocycles. The molecule has 0 saturated carbocycles. The van der Waals surface area contributed by atoms with E-state index in [0.29, 0.717) is 92.4 Å². The molecule has 0 saturated heterocycles. The fourth-order valence-electron chi connectivity index (χ4n) is 2.56. The van der Waals surface area contributed by atoms with Crippen LogP contribution in [0.3, 0.4) is 0 Å². The summed E-state index contributed by atoms with van der Waals surface area (Å²) in [6.45, 7) is 14.1. The lowest BCUT2D eigenvalue weighted by Gasteiger charge is -2.29. The van der Waals surface area contributed by atoms with Crippen molar-refractivity contribution in [3.63, 3.8) is 0 Å². The van der Waals surface area contributed by atoms with Gasteiger partial charge in [0, 0.05) is 18.5 Å². The summed E-state index contributed by atoms with van der Waals surface area (Å²) in [4.78, 5) is 11.9. The second kappa shape index (κ2) is 21.4. The molecule has 0 bridgehead atoms. The van der Waals surface area contributed by atoms with Crippen LogP contribution < -0.4 is 11.5 Å². The lowest BCUT2D eigenvalue weighted by molar-refractivity contribution is -0.162. The zero-order chi connectivity index (χ0) is 25.5. The van der Waals surface area contributed by atoms with E-state index in [2.05, 4.69) is 0 Å². The normalized spacial score (nSPS) is 12.3. The summed E-state index contributed by atoms with van der Waals surface area (Å²) in [6.07, 6.45) is 0. The molecule has 0 atom stereocenters. The molecule has 0 aliphatic carbocycles. The van der Waals surface area contributed by atoms with E-state index < -0.39 is 17.0 Å². The van der Waals surface area contributed by atoms with Crippen LogP contribution in [0.5, 0.6) is 0 Å². The van der Waals surface area contributed by atoms with Gasteiger partial charge in [-0.1, -0.05) is 6.92 Å². The fraction of sp³-hybridized carbons (Fsp3) is 0.957. The minimum Gasteiger partial charge on any atom is -0.458 e. The van der Waals surface area contributed by atoms with Gasteiger partial charge in [-0.15, -0.1) is 0 Å². The Morgan fingerprint density at radius 1 is 0.559 bits per heavy atom. The van der Waals surface area contributed by atoms with Crippen LogP contribution in [-0.2, 0) is 42.7 Å². The Balaban J connectivity index is 4.25.